The van der Waals surface area contributed by atoms with Crippen LogP contribution in [-0.2, 0) is 28.6 Å². The van der Waals surface area contributed by atoms with E-state index in [2.05, 4.69) is 69.4 Å². The fourth-order valence-corrected chi connectivity index (χ4v) is 7.10. The van der Waals surface area contributed by atoms with Crippen LogP contribution in [0.5, 0.6) is 0 Å². The van der Waals surface area contributed by atoms with Gasteiger partial charge in [-0.2, -0.15) is 0 Å². The molecule has 1 atom stereocenters. The van der Waals surface area contributed by atoms with Gasteiger partial charge in [0.15, 0.2) is 6.10 Å². The smallest absolute Gasteiger partial charge is 0.306 e. The van der Waals surface area contributed by atoms with Gasteiger partial charge in [0.1, 0.15) is 13.2 Å². The van der Waals surface area contributed by atoms with Crippen LogP contribution in [0.15, 0.2) is 158 Å². The van der Waals surface area contributed by atoms with Gasteiger partial charge in [-0.1, -0.05) is 269 Å². The zero-order valence-electron chi connectivity index (χ0n) is 45.2. The molecule has 6 heteroatoms. The molecule has 0 aromatic carbocycles. The molecule has 0 aromatic rings. The molecular weight excluding hydrogens is 877 g/mol. The van der Waals surface area contributed by atoms with Crippen molar-refractivity contribution < 1.29 is 28.6 Å². The standard InChI is InChI=1S/C65H100O6/c1-4-7-10-13-16-19-22-25-28-31-33-35-37-40-43-46-49-52-55-58-64(67)70-61-62(60-69-63(66)57-54-51-48-45-42-39-36-30-27-24-21-18-15-12-9-6-3)71-65(68)59-56-53-50-47-44-41-38-34-32-29-26-23-20-17-14-11-8-5-2/h7,10-11,13-14,16-17,19-20,22-23,25-26,28-38,40,43,62H,4-6,8-9,12,15,18,21,24,27,39,41-42,44-61H2,1-3H3/b10-7-,14-11-,16-13-,20-17-,22-19-,26-23-,28-25-,32-29-,33-31+,36-30-,37-35-,38-34-,43-40-. The zero-order valence-corrected chi connectivity index (χ0v) is 45.2. The van der Waals surface area contributed by atoms with E-state index in [9.17, 15) is 14.4 Å². The molecule has 1 unspecified atom stereocenters. The average Bonchev–Trinajstić information content (AvgIpc) is 3.37. The van der Waals surface area contributed by atoms with Crippen LogP contribution in [0, 0.1) is 0 Å². The van der Waals surface area contributed by atoms with Crippen LogP contribution in [-0.4, -0.2) is 37.2 Å². The molecule has 0 heterocycles. The highest BCUT2D eigenvalue weighted by Crippen LogP contribution is 2.13. The fraction of sp³-hybridized carbons (Fsp3) is 0.554. The Morgan fingerprint density at radius 1 is 0.296 bits per heavy atom. The second kappa shape index (κ2) is 57.6. The van der Waals surface area contributed by atoms with Crippen molar-refractivity contribution in [1.29, 1.82) is 0 Å². The Bertz CT molecular complexity index is 1640. The summed E-state index contributed by atoms with van der Waals surface area (Å²) in [6.07, 6.45) is 83.6. The number of allylic oxidation sites excluding steroid dienone is 26. The summed E-state index contributed by atoms with van der Waals surface area (Å²) >= 11 is 0. The monoisotopic (exact) mass is 977 g/mol. The number of hydrogen-bond donors (Lipinski definition) is 0. The Morgan fingerprint density at radius 3 is 0.972 bits per heavy atom. The molecule has 0 bridgehead atoms. The Morgan fingerprint density at radius 2 is 0.592 bits per heavy atom. The van der Waals surface area contributed by atoms with Crippen molar-refractivity contribution in [3.8, 4) is 0 Å². The summed E-state index contributed by atoms with van der Waals surface area (Å²) in [6.45, 7) is 6.32. The van der Waals surface area contributed by atoms with Crippen molar-refractivity contribution in [2.45, 2.75) is 219 Å². The number of rotatable bonds is 48. The lowest BCUT2D eigenvalue weighted by atomic mass is 10.1. The van der Waals surface area contributed by atoms with Crippen LogP contribution < -0.4 is 0 Å². The van der Waals surface area contributed by atoms with Gasteiger partial charge < -0.3 is 14.2 Å². The van der Waals surface area contributed by atoms with E-state index >= 15 is 0 Å². The minimum atomic E-state index is -0.823. The van der Waals surface area contributed by atoms with Crippen molar-refractivity contribution in [1.82, 2.24) is 0 Å². The number of esters is 3. The highest BCUT2D eigenvalue weighted by Gasteiger charge is 2.19. The summed E-state index contributed by atoms with van der Waals surface area (Å²) in [6, 6.07) is 0. The lowest BCUT2D eigenvalue weighted by molar-refractivity contribution is -0.167. The molecule has 0 rings (SSSR count). The van der Waals surface area contributed by atoms with Crippen LogP contribution in [0.3, 0.4) is 0 Å². The number of ether oxygens (including phenoxy) is 3. The summed E-state index contributed by atoms with van der Waals surface area (Å²) < 4.78 is 16.8. The first-order valence-corrected chi connectivity index (χ1v) is 28.2. The lowest BCUT2D eigenvalue weighted by Crippen LogP contribution is -2.30. The average molecular weight is 978 g/mol. The molecule has 0 aromatic heterocycles. The Balaban J connectivity index is 4.60. The van der Waals surface area contributed by atoms with Crippen molar-refractivity contribution in [2.24, 2.45) is 0 Å². The third-order valence-electron chi connectivity index (χ3n) is 11.3. The van der Waals surface area contributed by atoms with Gasteiger partial charge in [0, 0.05) is 19.3 Å². The number of carbonyl (C=O) groups is 3. The van der Waals surface area contributed by atoms with Crippen LogP contribution in [0.1, 0.15) is 213 Å². The van der Waals surface area contributed by atoms with Gasteiger partial charge in [0.25, 0.3) is 0 Å². The van der Waals surface area contributed by atoms with Gasteiger partial charge in [-0.15, -0.1) is 0 Å². The quantitative estimate of drug-likeness (QED) is 0.0199. The van der Waals surface area contributed by atoms with Gasteiger partial charge in [-0.05, 0) is 83.5 Å². The van der Waals surface area contributed by atoms with Crippen LogP contribution in [0.25, 0.3) is 0 Å². The molecule has 396 valence electrons. The van der Waals surface area contributed by atoms with Gasteiger partial charge in [-0.25, -0.2) is 0 Å². The number of hydrogen-bond acceptors (Lipinski definition) is 6. The third kappa shape index (κ3) is 55.8. The van der Waals surface area contributed by atoms with Crippen molar-refractivity contribution >= 4 is 17.9 Å². The topological polar surface area (TPSA) is 78.9 Å². The van der Waals surface area contributed by atoms with Crippen molar-refractivity contribution in [3.63, 3.8) is 0 Å². The normalized spacial score (nSPS) is 13.3. The number of unbranched alkanes of at least 4 members (excludes halogenated alkanes) is 21. The molecule has 0 radical (unpaired) electrons. The maximum absolute atomic E-state index is 12.9. The zero-order chi connectivity index (χ0) is 51.4. The summed E-state index contributed by atoms with van der Waals surface area (Å²) in [5.41, 5.74) is 0. The maximum atomic E-state index is 12.9. The predicted octanol–water partition coefficient (Wildman–Crippen LogP) is 19.0. The largest absolute Gasteiger partial charge is 0.462 e. The van der Waals surface area contributed by atoms with E-state index in [1.54, 1.807) is 0 Å². The molecule has 0 amide bonds. The van der Waals surface area contributed by atoms with Crippen LogP contribution in [0.4, 0.5) is 0 Å². The van der Waals surface area contributed by atoms with Gasteiger partial charge in [-0.3, -0.25) is 14.4 Å². The van der Waals surface area contributed by atoms with Gasteiger partial charge in [0.05, 0.1) is 0 Å². The molecule has 0 aliphatic carbocycles. The summed E-state index contributed by atoms with van der Waals surface area (Å²) in [7, 11) is 0. The highest BCUT2D eigenvalue weighted by atomic mass is 16.6. The Labute approximate surface area is 435 Å². The SMILES string of the molecule is CC\C=C/C=C\C=C/C=C\C=C\C=C/C=C\CCCCCC(=O)OCC(COC(=O)CCCCCCC/C=C\CCCCCCCCC)OC(=O)CCCCCCC\C=C/C=C\C=C/C=C\C=C/CCC. The minimum Gasteiger partial charge on any atom is -0.462 e. The second-order valence-electron chi connectivity index (χ2n) is 18.1. The first-order valence-electron chi connectivity index (χ1n) is 28.2. The van der Waals surface area contributed by atoms with Crippen LogP contribution in [0.2, 0.25) is 0 Å². The van der Waals surface area contributed by atoms with E-state index in [4.69, 9.17) is 14.2 Å². The minimum absolute atomic E-state index is 0.115. The maximum Gasteiger partial charge on any atom is 0.306 e. The molecule has 0 saturated carbocycles. The number of carbonyl (C=O) groups excluding carboxylic acids is 3. The van der Waals surface area contributed by atoms with E-state index in [-0.39, 0.29) is 37.5 Å². The Kier molecular flexibility index (Phi) is 53.6. The van der Waals surface area contributed by atoms with Gasteiger partial charge in [0.2, 0.25) is 0 Å². The molecular formula is C65H100O6. The Hall–Kier alpha value is -4.97. The molecule has 71 heavy (non-hydrogen) atoms. The molecule has 0 fully saturated rings. The predicted molar refractivity (Wildman–Crippen MR) is 306 cm³/mol. The summed E-state index contributed by atoms with van der Waals surface area (Å²) in [4.78, 5) is 38.2. The van der Waals surface area contributed by atoms with E-state index < -0.39 is 6.10 Å². The first kappa shape index (κ1) is 66.0. The van der Waals surface area contributed by atoms with E-state index in [0.29, 0.717) is 19.3 Å². The molecule has 0 saturated heterocycles. The molecule has 0 N–H and O–H groups in total. The highest BCUT2D eigenvalue weighted by molar-refractivity contribution is 5.71. The molecule has 6 nitrogen and oxygen atoms in total. The summed E-state index contributed by atoms with van der Waals surface area (Å²) in [5, 5.41) is 0. The second-order valence-corrected chi connectivity index (χ2v) is 18.1. The lowest BCUT2D eigenvalue weighted by Gasteiger charge is -2.18. The van der Waals surface area contributed by atoms with Crippen molar-refractivity contribution in [3.05, 3.63) is 158 Å². The van der Waals surface area contributed by atoms with E-state index in [1.165, 1.54) is 64.2 Å². The van der Waals surface area contributed by atoms with Gasteiger partial charge >= 0.3 is 17.9 Å². The molecule has 0 aliphatic rings. The third-order valence-corrected chi connectivity index (χ3v) is 11.3. The van der Waals surface area contributed by atoms with E-state index in [0.717, 1.165) is 103 Å². The molecule has 0 aliphatic heterocycles. The fourth-order valence-electron chi connectivity index (χ4n) is 7.10. The first-order chi connectivity index (χ1) is 35.0. The van der Waals surface area contributed by atoms with Crippen molar-refractivity contribution in [2.75, 3.05) is 13.2 Å². The van der Waals surface area contributed by atoms with E-state index in [1.807, 2.05) is 109 Å². The summed E-state index contributed by atoms with van der Waals surface area (Å²) in [5.74, 6) is -1.00. The molecule has 0 spiro atoms. The van der Waals surface area contributed by atoms with Crippen LogP contribution >= 0.6 is 0 Å².